The van der Waals surface area contributed by atoms with Gasteiger partial charge in [0.25, 0.3) is 0 Å². The number of carbonyl (C=O) groups is 2. The molecule has 0 heterocycles. The number of hydrogen-bond acceptors (Lipinski definition) is 9. The zero-order valence-electron chi connectivity index (χ0n) is 34.3. The fourth-order valence-electron chi connectivity index (χ4n) is 6.35. The van der Waals surface area contributed by atoms with Crippen molar-refractivity contribution in [3.05, 3.63) is 0 Å². The van der Waals surface area contributed by atoms with Crippen molar-refractivity contribution in [2.75, 3.05) is 26.4 Å². The van der Waals surface area contributed by atoms with Gasteiger partial charge in [0.2, 0.25) is 0 Å². The van der Waals surface area contributed by atoms with Gasteiger partial charge in [-0.05, 0) is 12.8 Å². The Morgan fingerprint density at radius 3 is 1.17 bits per heavy atom. The molecule has 0 aliphatic carbocycles. The highest BCUT2D eigenvalue weighted by atomic mass is 31.2. The number of hydrogen-bond donors (Lipinski definition) is 3. The van der Waals surface area contributed by atoms with Gasteiger partial charge in [0.1, 0.15) is 12.7 Å². The fourth-order valence-corrected chi connectivity index (χ4v) is 7.14. The van der Waals surface area contributed by atoms with Crippen molar-refractivity contribution in [1.29, 1.82) is 0 Å². The second-order valence-electron chi connectivity index (χ2n) is 15.1. The van der Waals surface area contributed by atoms with E-state index in [1.54, 1.807) is 0 Å². The van der Waals surface area contributed by atoms with Crippen LogP contribution in [0.5, 0.6) is 0 Å². The molecule has 0 amide bonds. The van der Waals surface area contributed by atoms with Gasteiger partial charge in [-0.25, -0.2) is 4.57 Å². The minimum absolute atomic E-state index is 0.192. The van der Waals surface area contributed by atoms with Gasteiger partial charge in [0.05, 0.1) is 19.8 Å². The molecule has 0 aliphatic heterocycles. The van der Waals surface area contributed by atoms with Crippen LogP contribution in [0.3, 0.4) is 0 Å². The zero-order valence-corrected chi connectivity index (χ0v) is 35.2. The van der Waals surface area contributed by atoms with Gasteiger partial charge in [0.15, 0.2) is 6.10 Å². The Kier molecular flexibility index (Phi) is 38.5. The van der Waals surface area contributed by atoms with Gasteiger partial charge < -0.3 is 24.6 Å². The van der Waals surface area contributed by atoms with Gasteiger partial charge in [0, 0.05) is 12.8 Å². The summed E-state index contributed by atoms with van der Waals surface area (Å²) in [6, 6.07) is 0. The summed E-state index contributed by atoms with van der Waals surface area (Å²) in [6.45, 7) is 2.41. The molecule has 0 aromatic rings. The second kappa shape index (κ2) is 39.2. The summed E-state index contributed by atoms with van der Waals surface area (Å²) in [6.07, 6.45) is 35.0. The lowest BCUT2D eigenvalue weighted by Gasteiger charge is -2.20. The summed E-state index contributed by atoms with van der Waals surface area (Å²) >= 11 is 0. The number of aliphatic hydroxyl groups excluding tert-OH is 2. The molecule has 0 bridgehead atoms. The van der Waals surface area contributed by atoms with Crippen LogP contribution in [0.1, 0.15) is 219 Å². The molecule has 0 rings (SSSR count). The third-order valence-corrected chi connectivity index (χ3v) is 10.7. The van der Waals surface area contributed by atoms with E-state index in [0.29, 0.717) is 12.8 Å². The quantitative estimate of drug-likeness (QED) is 0.0310. The lowest BCUT2D eigenvalue weighted by molar-refractivity contribution is -0.161. The van der Waals surface area contributed by atoms with Crippen molar-refractivity contribution >= 4 is 19.8 Å². The monoisotopic (exact) mass is 779 g/mol. The van der Waals surface area contributed by atoms with Crippen LogP contribution in [0.15, 0.2) is 0 Å². The van der Waals surface area contributed by atoms with Crippen LogP contribution in [0.2, 0.25) is 0 Å². The lowest BCUT2D eigenvalue weighted by atomic mass is 10.0. The predicted octanol–water partition coefficient (Wildman–Crippen LogP) is 11.5. The molecule has 0 aromatic heterocycles. The highest BCUT2D eigenvalue weighted by molar-refractivity contribution is 7.47. The first-order chi connectivity index (χ1) is 25.7. The van der Waals surface area contributed by atoms with Crippen LogP contribution in [-0.4, -0.2) is 65.7 Å². The molecule has 0 saturated carbocycles. The Hall–Kier alpha value is -1.03. The molecular formula is C42H83O10P. The normalized spacial score (nSPS) is 13.8. The van der Waals surface area contributed by atoms with Crippen LogP contribution in [0.4, 0.5) is 0 Å². The summed E-state index contributed by atoms with van der Waals surface area (Å²) in [4.78, 5) is 34.9. The Balaban J connectivity index is 4.22. The van der Waals surface area contributed by atoms with Crippen molar-refractivity contribution in [2.24, 2.45) is 0 Å². The van der Waals surface area contributed by atoms with Gasteiger partial charge in [-0.1, -0.05) is 194 Å². The number of unbranched alkanes of at least 4 members (excludes halogenated alkanes) is 28. The van der Waals surface area contributed by atoms with E-state index in [1.165, 1.54) is 141 Å². The summed E-state index contributed by atoms with van der Waals surface area (Å²) in [7, 11) is -4.61. The Morgan fingerprint density at radius 2 is 0.811 bits per heavy atom. The molecule has 0 spiro atoms. The predicted molar refractivity (Wildman–Crippen MR) is 215 cm³/mol. The molecule has 11 heteroatoms. The number of aliphatic hydroxyl groups is 2. The fraction of sp³-hybridized carbons (Fsp3) is 0.952. The molecule has 53 heavy (non-hydrogen) atoms. The molecule has 0 fully saturated rings. The van der Waals surface area contributed by atoms with Crippen LogP contribution in [-0.2, 0) is 32.7 Å². The van der Waals surface area contributed by atoms with E-state index in [0.717, 1.165) is 38.5 Å². The number of ether oxygens (including phenoxy) is 2. The smallest absolute Gasteiger partial charge is 0.462 e. The SMILES string of the molecule is CCCCCCCCCCCCCCCCCCCCC(=O)O[C@H](COC(=O)CCCCCCCCCCCCCC)COP(=O)(O)OC[C@@H](O)CO. The molecule has 0 radical (unpaired) electrons. The lowest BCUT2D eigenvalue weighted by Crippen LogP contribution is -2.29. The van der Waals surface area contributed by atoms with Gasteiger partial charge >= 0.3 is 19.8 Å². The maximum absolute atomic E-state index is 12.6. The third kappa shape index (κ3) is 39.0. The van der Waals surface area contributed by atoms with Crippen molar-refractivity contribution in [3.63, 3.8) is 0 Å². The third-order valence-electron chi connectivity index (χ3n) is 9.76. The molecule has 0 aromatic carbocycles. The molecule has 3 N–H and O–H groups in total. The average molecular weight is 779 g/mol. The summed E-state index contributed by atoms with van der Waals surface area (Å²) in [5.41, 5.74) is 0. The van der Waals surface area contributed by atoms with Crippen LogP contribution >= 0.6 is 7.82 Å². The summed E-state index contributed by atoms with van der Waals surface area (Å²) in [5, 5.41) is 18.3. The largest absolute Gasteiger partial charge is 0.472 e. The van der Waals surface area contributed by atoms with Crippen LogP contribution in [0.25, 0.3) is 0 Å². The summed E-state index contributed by atoms with van der Waals surface area (Å²) in [5.74, 6) is -0.910. The minimum Gasteiger partial charge on any atom is -0.462 e. The van der Waals surface area contributed by atoms with Crippen LogP contribution in [0, 0.1) is 0 Å². The second-order valence-corrected chi connectivity index (χ2v) is 16.5. The Labute approximate surface area is 324 Å². The Morgan fingerprint density at radius 1 is 0.491 bits per heavy atom. The summed E-state index contributed by atoms with van der Waals surface area (Å²) < 4.78 is 32.7. The maximum Gasteiger partial charge on any atom is 0.472 e. The van der Waals surface area contributed by atoms with Gasteiger partial charge in [-0.2, -0.15) is 0 Å². The van der Waals surface area contributed by atoms with Crippen molar-refractivity contribution < 1.29 is 47.8 Å². The Bertz CT molecular complexity index is 858. The van der Waals surface area contributed by atoms with Crippen molar-refractivity contribution in [3.8, 4) is 0 Å². The van der Waals surface area contributed by atoms with E-state index in [2.05, 4.69) is 18.4 Å². The molecule has 316 valence electrons. The molecule has 0 saturated heterocycles. The maximum atomic E-state index is 12.6. The van der Waals surface area contributed by atoms with E-state index < -0.39 is 51.8 Å². The number of esters is 2. The number of phosphoric ester groups is 1. The topological polar surface area (TPSA) is 149 Å². The first-order valence-electron chi connectivity index (χ1n) is 22.0. The first-order valence-corrected chi connectivity index (χ1v) is 23.5. The van der Waals surface area contributed by atoms with Crippen LogP contribution < -0.4 is 0 Å². The minimum atomic E-state index is -4.61. The van der Waals surface area contributed by atoms with E-state index in [9.17, 15) is 24.2 Å². The standard InChI is InChI=1S/C42H83O10P/c1-3-5-7-9-11-13-15-17-18-19-20-21-22-24-26-28-30-32-34-42(46)52-40(38-51-53(47,48)50-36-39(44)35-43)37-49-41(45)33-31-29-27-25-23-16-14-12-10-8-6-4-2/h39-40,43-44H,3-38H2,1-2H3,(H,47,48)/t39-,40+/m0/s1. The average Bonchev–Trinajstić information content (AvgIpc) is 3.14. The first kappa shape index (κ1) is 52.0. The number of phosphoric acid groups is 1. The molecule has 3 atom stereocenters. The number of carbonyl (C=O) groups excluding carboxylic acids is 2. The zero-order chi connectivity index (χ0) is 39.1. The van der Waals surface area contributed by atoms with E-state index >= 15 is 0 Å². The number of rotatable bonds is 42. The molecule has 10 nitrogen and oxygen atoms in total. The molecule has 0 aliphatic rings. The van der Waals surface area contributed by atoms with Gasteiger partial charge in [-0.3, -0.25) is 18.6 Å². The van der Waals surface area contributed by atoms with Gasteiger partial charge in [-0.15, -0.1) is 0 Å². The van der Waals surface area contributed by atoms with E-state index in [1.807, 2.05) is 0 Å². The van der Waals surface area contributed by atoms with E-state index in [-0.39, 0.29) is 19.4 Å². The van der Waals surface area contributed by atoms with E-state index in [4.69, 9.17) is 19.1 Å². The molecular weight excluding hydrogens is 695 g/mol. The van der Waals surface area contributed by atoms with Crippen molar-refractivity contribution in [1.82, 2.24) is 0 Å². The highest BCUT2D eigenvalue weighted by Gasteiger charge is 2.27. The van der Waals surface area contributed by atoms with Crippen molar-refractivity contribution in [2.45, 2.75) is 232 Å². The highest BCUT2D eigenvalue weighted by Crippen LogP contribution is 2.43. The molecule has 1 unspecified atom stereocenters.